The molecule has 1 aromatic carbocycles. The summed E-state index contributed by atoms with van der Waals surface area (Å²) in [7, 11) is 1.89. The van der Waals surface area contributed by atoms with E-state index < -0.39 is 5.41 Å². The number of rotatable bonds is 2. The molecular formula is C20H26N2O2. The molecule has 1 aromatic rings. The van der Waals surface area contributed by atoms with Gasteiger partial charge < -0.3 is 9.80 Å². The monoisotopic (exact) mass is 326 g/mol. The molecule has 128 valence electrons. The summed E-state index contributed by atoms with van der Waals surface area (Å²) in [5.41, 5.74) is 0.808. The minimum Gasteiger partial charge on any atom is -0.345 e. The van der Waals surface area contributed by atoms with Crippen molar-refractivity contribution < 1.29 is 9.59 Å². The second-order valence-corrected chi connectivity index (χ2v) is 8.09. The SMILES string of the molecule is CC1CC(C(=O)N2CC[C@]3(C2)C(=O)N(C)C[C@H]3c2ccccc2)C1. The molecule has 2 atom stereocenters. The molecule has 2 aliphatic heterocycles. The van der Waals surface area contributed by atoms with Crippen molar-refractivity contribution in [1.29, 1.82) is 0 Å². The average Bonchev–Trinajstić information content (AvgIpc) is 3.11. The minimum absolute atomic E-state index is 0.189. The Morgan fingerprint density at radius 2 is 1.92 bits per heavy atom. The van der Waals surface area contributed by atoms with Crippen LogP contribution in [0.2, 0.25) is 0 Å². The number of likely N-dealkylation sites (tertiary alicyclic amines) is 2. The molecule has 0 radical (unpaired) electrons. The lowest BCUT2D eigenvalue weighted by molar-refractivity contribution is -0.140. The molecule has 0 N–H and O–H groups in total. The van der Waals surface area contributed by atoms with Crippen LogP contribution in [-0.4, -0.2) is 48.3 Å². The Morgan fingerprint density at radius 1 is 1.21 bits per heavy atom. The Hall–Kier alpha value is -1.84. The molecule has 4 heteroatoms. The molecule has 2 saturated heterocycles. The number of hydrogen-bond donors (Lipinski definition) is 0. The molecule has 0 bridgehead atoms. The zero-order chi connectivity index (χ0) is 16.9. The van der Waals surface area contributed by atoms with Gasteiger partial charge in [-0.05, 0) is 30.7 Å². The molecule has 4 rings (SSSR count). The Labute approximate surface area is 143 Å². The van der Waals surface area contributed by atoms with Crippen molar-refractivity contribution in [2.24, 2.45) is 17.3 Å². The summed E-state index contributed by atoms with van der Waals surface area (Å²) in [6, 6.07) is 10.3. The van der Waals surface area contributed by atoms with Gasteiger partial charge in [0.25, 0.3) is 0 Å². The molecule has 1 spiro atoms. The maximum absolute atomic E-state index is 13.0. The summed E-state index contributed by atoms with van der Waals surface area (Å²) in [4.78, 5) is 29.6. The normalized spacial score (nSPS) is 35.6. The lowest BCUT2D eigenvalue weighted by atomic mass is 9.73. The van der Waals surface area contributed by atoms with Crippen molar-refractivity contribution in [2.75, 3.05) is 26.7 Å². The second-order valence-electron chi connectivity index (χ2n) is 8.09. The predicted octanol–water partition coefficient (Wildman–Crippen LogP) is 2.51. The van der Waals surface area contributed by atoms with Crippen LogP contribution < -0.4 is 0 Å². The summed E-state index contributed by atoms with van der Waals surface area (Å²) in [5, 5.41) is 0. The first kappa shape index (κ1) is 15.7. The van der Waals surface area contributed by atoms with E-state index in [1.54, 1.807) is 0 Å². The number of hydrogen-bond acceptors (Lipinski definition) is 2. The van der Waals surface area contributed by atoms with E-state index in [0.29, 0.717) is 12.5 Å². The molecular weight excluding hydrogens is 300 g/mol. The van der Waals surface area contributed by atoms with E-state index >= 15 is 0 Å². The maximum Gasteiger partial charge on any atom is 0.231 e. The standard InChI is InChI=1S/C20H26N2O2/c1-14-10-16(11-14)18(23)22-9-8-20(13-22)17(12-21(2)19(20)24)15-6-4-3-5-7-15/h3-7,14,16-17H,8-13H2,1-2H3/t14?,16?,17-,20+/m0/s1. The van der Waals surface area contributed by atoms with E-state index in [4.69, 9.17) is 0 Å². The maximum atomic E-state index is 13.0. The van der Waals surface area contributed by atoms with Gasteiger partial charge >= 0.3 is 0 Å². The molecule has 24 heavy (non-hydrogen) atoms. The van der Waals surface area contributed by atoms with Crippen LogP contribution in [0.4, 0.5) is 0 Å². The van der Waals surface area contributed by atoms with Crippen LogP contribution >= 0.6 is 0 Å². The van der Waals surface area contributed by atoms with E-state index in [0.717, 1.165) is 32.4 Å². The molecule has 2 heterocycles. The molecule has 4 nitrogen and oxygen atoms in total. The molecule has 3 fully saturated rings. The third kappa shape index (κ3) is 2.27. The summed E-state index contributed by atoms with van der Waals surface area (Å²) in [6.45, 7) is 4.29. The molecule has 2 amide bonds. The van der Waals surface area contributed by atoms with E-state index in [1.807, 2.05) is 35.0 Å². The molecule has 0 unspecified atom stereocenters. The molecule has 3 aliphatic rings. The highest BCUT2D eigenvalue weighted by molar-refractivity contribution is 5.89. The lowest BCUT2D eigenvalue weighted by Crippen LogP contribution is -2.43. The van der Waals surface area contributed by atoms with Crippen molar-refractivity contribution >= 4 is 11.8 Å². The van der Waals surface area contributed by atoms with Gasteiger partial charge in [0.2, 0.25) is 11.8 Å². The van der Waals surface area contributed by atoms with Gasteiger partial charge in [0, 0.05) is 38.5 Å². The Kier molecular flexibility index (Phi) is 3.66. The predicted molar refractivity (Wildman–Crippen MR) is 92.3 cm³/mol. The van der Waals surface area contributed by atoms with Crippen molar-refractivity contribution in [3.05, 3.63) is 35.9 Å². The first-order chi connectivity index (χ1) is 11.5. The van der Waals surface area contributed by atoms with Crippen molar-refractivity contribution in [3.63, 3.8) is 0 Å². The fourth-order valence-electron chi connectivity index (χ4n) is 5.01. The number of carbonyl (C=O) groups excluding carboxylic acids is 2. The number of benzene rings is 1. The number of nitrogens with zero attached hydrogens (tertiary/aromatic N) is 2. The van der Waals surface area contributed by atoms with Gasteiger partial charge in [-0.15, -0.1) is 0 Å². The van der Waals surface area contributed by atoms with Crippen molar-refractivity contribution in [1.82, 2.24) is 9.80 Å². The van der Waals surface area contributed by atoms with Crippen LogP contribution in [-0.2, 0) is 9.59 Å². The highest BCUT2D eigenvalue weighted by atomic mass is 16.2. The van der Waals surface area contributed by atoms with Gasteiger partial charge in [-0.25, -0.2) is 0 Å². The largest absolute Gasteiger partial charge is 0.345 e. The third-order valence-corrected chi connectivity index (χ3v) is 6.43. The molecule has 1 aliphatic carbocycles. The minimum atomic E-state index is -0.416. The quantitative estimate of drug-likeness (QED) is 0.838. The Bertz CT molecular complexity index is 653. The lowest BCUT2D eigenvalue weighted by Gasteiger charge is -2.35. The van der Waals surface area contributed by atoms with Crippen molar-refractivity contribution in [3.8, 4) is 0 Å². The number of amides is 2. The first-order valence-electron chi connectivity index (χ1n) is 9.10. The zero-order valence-electron chi connectivity index (χ0n) is 14.6. The third-order valence-electron chi connectivity index (χ3n) is 6.43. The topological polar surface area (TPSA) is 40.6 Å². The van der Waals surface area contributed by atoms with Crippen LogP contribution in [0.1, 0.15) is 37.7 Å². The fraction of sp³-hybridized carbons (Fsp3) is 0.600. The van der Waals surface area contributed by atoms with E-state index in [-0.39, 0.29) is 23.7 Å². The zero-order valence-corrected chi connectivity index (χ0v) is 14.6. The summed E-state index contributed by atoms with van der Waals surface area (Å²) in [6.07, 6.45) is 2.82. The Balaban J connectivity index is 1.58. The van der Waals surface area contributed by atoms with Crippen LogP contribution in [0.5, 0.6) is 0 Å². The van der Waals surface area contributed by atoms with Gasteiger partial charge in [0.15, 0.2) is 0 Å². The first-order valence-corrected chi connectivity index (χ1v) is 9.10. The van der Waals surface area contributed by atoms with Crippen LogP contribution in [0.3, 0.4) is 0 Å². The van der Waals surface area contributed by atoms with Crippen LogP contribution in [0, 0.1) is 17.3 Å². The smallest absolute Gasteiger partial charge is 0.231 e. The van der Waals surface area contributed by atoms with Gasteiger partial charge in [-0.2, -0.15) is 0 Å². The van der Waals surface area contributed by atoms with E-state index in [1.165, 1.54) is 5.56 Å². The van der Waals surface area contributed by atoms with Gasteiger partial charge in [0.1, 0.15) is 0 Å². The summed E-state index contributed by atoms with van der Waals surface area (Å²) < 4.78 is 0. The van der Waals surface area contributed by atoms with Gasteiger partial charge in [-0.1, -0.05) is 37.3 Å². The highest BCUT2D eigenvalue weighted by Crippen LogP contribution is 2.50. The van der Waals surface area contributed by atoms with Crippen LogP contribution in [0.15, 0.2) is 30.3 Å². The molecule has 1 saturated carbocycles. The van der Waals surface area contributed by atoms with Crippen LogP contribution in [0.25, 0.3) is 0 Å². The summed E-state index contributed by atoms with van der Waals surface area (Å²) >= 11 is 0. The Morgan fingerprint density at radius 3 is 2.58 bits per heavy atom. The summed E-state index contributed by atoms with van der Waals surface area (Å²) in [5.74, 6) is 1.55. The number of likely N-dealkylation sites (N-methyl/N-ethyl adjacent to an activating group) is 1. The fourth-order valence-corrected chi connectivity index (χ4v) is 5.01. The van der Waals surface area contributed by atoms with Gasteiger partial charge in [-0.3, -0.25) is 9.59 Å². The van der Waals surface area contributed by atoms with Gasteiger partial charge in [0.05, 0.1) is 5.41 Å². The number of carbonyl (C=O) groups is 2. The second kappa shape index (κ2) is 5.61. The van der Waals surface area contributed by atoms with Crippen molar-refractivity contribution in [2.45, 2.75) is 32.1 Å². The van der Waals surface area contributed by atoms with E-state index in [2.05, 4.69) is 19.1 Å². The highest BCUT2D eigenvalue weighted by Gasteiger charge is 2.57. The van der Waals surface area contributed by atoms with E-state index in [9.17, 15) is 9.59 Å². The molecule has 0 aromatic heterocycles. The average molecular weight is 326 g/mol.